The molecule has 1 aromatic carbocycles. The minimum absolute atomic E-state index is 0.0139. The van der Waals surface area contributed by atoms with Gasteiger partial charge in [0.25, 0.3) is 0 Å². The van der Waals surface area contributed by atoms with Crippen LogP contribution in [0.5, 0.6) is 0 Å². The van der Waals surface area contributed by atoms with Crippen LogP contribution in [-0.4, -0.2) is 48.4 Å². The Morgan fingerprint density at radius 2 is 1.67 bits per heavy atom. The van der Waals surface area contributed by atoms with E-state index in [1.54, 1.807) is 6.07 Å². The van der Waals surface area contributed by atoms with Crippen LogP contribution >= 0.6 is 0 Å². The highest BCUT2D eigenvalue weighted by Gasteiger charge is 2.43. The molecule has 0 unspecified atom stereocenters. The molecule has 1 amide bonds. The molecule has 2 rings (SSSR count). The zero-order chi connectivity index (χ0) is 18.1. The third kappa shape index (κ3) is 4.11. The van der Waals surface area contributed by atoms with Gasteiger partial charge < -0.3 is 9.80 Å². The van der Waals surface area contributed by atoms with Crippen LogP contribution in [0.3, 0.4) is 0 Å². The van der Waals surface area contributed by atoms with Crippen molar-refractivity contribution < 1.29 is 23.2 Å². The number of halogens is 3. The van der Waals surface area contributed by atoms with Crippen LogP contribution in [-0.2, 0) is 10.2 Å². The summed E-state index contributed by atoms with van der Waals surface area (Å²) in [6.07, 6.45) is -4.83. The summed E-state index contributed by atoms with van der Waals surface area (Å²) in [6, 6.07) is 5.52. The summed E-state index contributed by atoms with van der Waals surface area (Å²) in [7, 11) is 0. The number of amides is 1. The van der Waals surface area contributed by atoms with Crippen molar-refractivity contribution in [1.29, 1.82) is 0 Å². The van der Waals surface area contributed by atoms with Crippen LogP contribution in [0.15, 0.2) is 18.2 Å². The SMILES string of the molecule is CC(C)(C)c1cc(NO)cc(N2CCN(C(=O)C(F)(F)F)CC2)c1. The zero-order valence-electron chi connectivity index (χ0n) is 13.9. The fourth-order valence-corrected chi connectivity index (χ4v) is 2.64. The first-order valence-corrected chi connectivity index (χ1v) is 7.69. The van der Waals surface area contributed by atoms with Crippen molar-refractivity contribution in [3.05, 3.63) is 23.8 Å². The largest absolute Gasteiger partial charge is 0.471 e. The van der Waals surface area contributed by atoms with Gasteiger partial charge in [-0.1, -0.05) is 20.8 Å². The van der Waals surface area contributed by atoms with E-state index in [4.69, 9.17) is 0 Å². The number of nitrogens with zero attached hydrogens (tertiary/aromatic N) is 2. The molecule has 2 N–H and O–H groups in total. The van der Waals surface area contributed by atoms with Gasteiger partial charge >= 0.3 is 12.1 Å². The molecule has 0 atom stereocenters. The normalized spacial score (nSPS) is 16.3. The van der Waals surface area contributed by atoms with Gasteiger partial charge in [0, 0.05) is 31.9 Å². The Kier molecular flexibility index (Phi) is 4.98. The molecule has 24 heavy (non-hydrogen) atoms. The molecule has 1 fully saturated rings. The minimum Gasteiger partial charge on any atom is -0.368 e. The van der Waals surface area contributed by atoms with E-state index in [1.165, 1.54) is 0 Å². The van der Waals surface area contributed by atoms with Gasteiger partial charge in [0.15, 0.2) is 0 Å². The van der Waals surface area contributed by atoms with Gasteiger partial charge in [0.2, 0.25) is 0 Å². The van der Waals surface area contributed by atoms with Crippen LogP contribution in [0.1, 0.15) is 26.3 Å². The maximum absolute atomic E-state index is 12.5. The molecular weight excluding hydrogens is 323 g/mol. The lowest BCUT2D eigenvalue weighted by Crippen LogP contribution is -2.52. The molecule has 0 saturated carbocycles. The molecule has 1 aliphatic rings. The summed E-state index contributed by atoms with van der Waals surface area (Å²) in [5, 5.41) is 9.21. The molecule has 0 radical (unpaired) electrons. The molecule has 0 aliphatic carbocycles. The third-order valence-electron chi connectivity index (χ3n) is 4.09. The highest BCUT2D eigenvalue weighted by molar-refractivity contribution is 5.82. The lowest BCUT2D eigenvalue weighted by molar-refractivity contribution is -0.185. The van der Waals surface area contributed by atoms with Gasteiger partial charge in [-0.2, -0.15) is 13.2 Å². The standard InChI is InChI=1S/C16H22F3N3O2/c1-15(2,3)11-8-12(20-24)10-13(9-11)21-4-6-22(7-5-21)14(23)16(17,18)19/h8-10,20,24H,4-7H2,1-3H3. The number of carbonyl (C=O) groups is 1. The highest BCUT2D eigenvalue weighted by Crippen LogP contribution is 2.31. The molecule has 1 aliphatic heterocycles. The maximum atomic E-state index is 12.5. The van der Waals surface area contributed by atoms with Gasteiger partial charge in [-0.05, 0) is 29.2 Å². The van der Waals surface area contributed by atoms with Crippen molar-refractivity contribution >= 4 is 17.3 Å². The number of piperazine rings is 1. The molecule has 0 aromatic heterocycles. The first-order valence-electron chi connectivity index (χ1n) is 7.69. The zero-order valence-corrected chi connectivity index (χ0v) is 13.9. The number of rotatable bonds is 2. The van der Waals surface area contributed by atoms with Gasteiger partial charge in [-0.25, -0.2) is 0 Å². The summed E-state index contributed by atoms with van der Waals surface area (Å²) in [6.45, 7) is 6.74. The Bertz CT molecular complexity index is 604. The Balaban J connectivity index is 2.16. The topological polar surface area (TPSA) is 55.8 Å². The molecule has 8 heteroatoms. The number of anilines is 2. The Morgan fingerprint density at radius 3 is 2.12 bits per heavy atom. The predicted molar refractivity (Wildman–Crippen MR) is 85.4 cm³/mol. The van der Waals surface area contributed by atoms with Gasteiger partial charge in [0.05, 0.1) is 5.69 Å². The van der Waals surface area contributed by atoms with Crippen LogP contribution in [0.25, 0.3) is 0 Å². The van der Waals surface area contributed by atoms with E-state index in [9.17, 15) is 23.2 Å². The molecule has 5 nitrogen and oxygen atoms in total. The number of hydrogen-bond donors (Lipinski definition) is 2. The summed E-state index contributed by atoms with van der Waals surface area (Å²) in [5.74, 6) is -1.79. The average Bonchev–Trinajstić information content (AvgIpc) is 2.52. The van der Waals surface area contributed by atoms with Crippen molar-refractivity contribution in [2.45, 2.75) is 32.4 Å². The van der Waals surface area contributed by atoms with Crippen molar-refractivity contribution in [1.82, 2.24) is 4.90 Å². The van der Waals surface area contributed by atoms with Crippen LogP contribution in [0.2, 0.25) is 0 Å². The predicted octanol–water partition coefficient (Wildman–Crippen LogP) is 3.00. The lowest BCUT2D eigenvalue weighted by Gasteiger charge is -2.37. The van der Waals surface area contributed by atoms with Crippen molar-refractivity contribution in [3.8, 4) is 0 Å². The second kappa shape index (κ2) is 6.51. The van der Waals surface area contributed by atoms with E-state index in [2.05, 4.69) is 5.48 Å². The number of nitrogens with one attached hydrogen (secondary N) is 1. The molecule has 1 aromatic rings. The van der Waals surface area contributed by atoms with Crippen LogP contribution in [0.4, 0.5) is 24.5 Å². The van der Waals surface area contributed by atoms with E-state index in [0.717, 1.165) is 16.2 Å². The van der Waals surface area contributed by atoms with E-state index in [-0.39, 0.29) is 18.5 Å². The molecule has 0 bridgehead atoms. The van der Waals surface area contributed by atoms with E-state index in [0.29, 0.717) is 18.8 Å². The Labute approximate surface area is 139 Å². The van der Waals surface area contributed by atoms with Gasteiger partial charge in [0.1, 0.15) is 0 Å². The number of benzene rings is 1. The first-order chi connectivity index (χ1) is 11.0. The quantitative estimate of drug-likeness (QED) is 0.809. The molecule has 0 spiro atoms. The van der Waals surface area contributed by atoms with Gasteiger partial charge in [-0.15, -0.1) is 0 Å². The second-order valence-corrected chi connectivity index (χ2v) is 6.91. The molecule has 134 valence electrons. The monoisotopic (exact) mass is 345 g/mol. The van der Waals surface area contributed by atoms with E-state index < -0.39 is 12.1 Å². The molecular formula is C16H22F3N3O2. The van der Waals surface area contributed by atoms with Crippen molar-refractivity contribution in [2.75, 3.05) is 36.6 Å². The molecule has 1 saturated heterocycles. The minimum atomic E-state index is -4.83. The lowest BCUT2D eigenvalue weighted by atomic mass is 9.86. The number of alkyl halides is 3. The Hall–Kier alpha value is -1.96. The van der Waals surface area contributed by atoms with Gasteiger partial charge in [-0.3, -0.25) is 15.5 Å². The third-order valence-corrected chi connectivity index (χ3v) is 4.09. The summed E-state index contributed by atoms with van der Waals surface area (Å²) < 4.78 is 37.5. The van der Waals surface area contributed by atoms with Crippen LogP contribution < -0.4 is 10.4 Å². The fourth-order valence-electron chi connectivity index (χ4n) is 2.64. The summed E-state index contributed by atoms with van der Waals surface area (Å²) in [4.78, 5) is 14.0. The fraction of sp³-hybridized carbons (Fsp3) is 0.562. The Morgan fingerprint density at radius 1 is 1.08 bits per heavy atom. The highest BCUT2D eigenvalue weighted by atomic mass is 19.4. The smallest absolute Gasteiger partial charge is 0.368 e. The average molecular weight is 345 g/mol. The van der Waals surface area contributed by atoms with Crippen molar-refractivity contribution in [2.24, 2.45) is 0 Å². The molecule has 1 heterocycles. The number of carbonyl (C=O) groups excluding carboxylic acids is 1. The van der Waals surface area contributed by atoms with Crippen LogP contribution in [0, 0.1) is 0 Å². The first kappa shape index (κ1) is 18.4. The summed E-state index contributed by atoms with van der Waals surface area (Å²) >= 11 is 0. The maximum Gasteiger partial charge on any atom is 0.471 e. The van der Waals surface area contributed by atoms with E-state index in [1.807, 2.05) is 37.8 Å². The number of hydrogen-bond acceptors (Lipinski definition) is 4. The van der Waals surface area contributed by atoms with E-state index >= 15 is 0 Å². The second-order valence-electron chi connectivity index (χ2n) is 6.91. The summed E-state index contributed by atoms with van der Waals surface area (Å²) in [5.41, 5.74) is 4.30. The van der Waals surface area contributed by atoms with Crippen molar-refractivity contribution in [3.63, 3.8) is 0 Å².